The van der Waals surface area contributed by atoms with Crippen LogP contribution in [0.3, 0.4) is 0 Å². The average Bonchev–Trinajstić information content (AvgIpc) is 3.92. The van der Waals surface area contributed by atoms with Crippen molar-refractivity contribution in [3.63, 3.8) is 0 Å². The molecule has 2 aromatic heterocycles. The number of fused-ring (bicyclic) bond motifs is 8. The molecule has 10 aromatic rings. The van der Waals surface area contributed by atoms with Crippen molar-refractivity contribution < 1.29 is 0 Å². The Morgan fingerprint density at radius 1 is 0.364 bits per heavy atom. The SMILES string of the molecule is CC(C)(C)c1ccc(N2c3cc(C(c4ccccc4)(c4ccccc4)c4ccccc4)cc4c3B(c3sc5ccccc5c32)c2sc3ccccc3c2N4c2ccc(C(C)(C)C)cc2)cc1. The molecule has 0 N–H and O–H groups in total. The molecule has 2 aliphatic heterocycles. The summed E-state index contributed by atoms with van der Waals surface area (Å²) in [7, 11) is 0. The third-order valence-corrected chi connectivity index (χ3v) is 16.6. The summed E-state index contributed by atoms with van der Waals surface area (Å²) < 4.78 is 5.41. The summed E-state index contributed by atoms with van der Waals surface area (Å²) in [6.45, 7) is 13.9. The van der Waals surface area contributed by atoms with Gasteiger partial charge in [-0.1, -0.05) is 193 Å². The number of hydrogen-bond acceptors (Lipinski definition) is 4. The average molecular weight is 887 g/mol. The first-order valence-corrected chi connectivity index (χ1v) is 24.8. The van der Waals surface area contributed by atoms with E-state index in [9.17, 15) is 0 Å². The standard InChI is InChI=1S/C61H51BN2S2/c1-59(2,3)40-30-34-46(35-31-40)63-50-38-45(61(42-20-10-7-11-21-42,43-22-12-8-13-23-43)44-24-14-9-15-25-44)39-51-54(50)62(57-55(63)48-26-16-18-28-52(48)65-57)58-56(49-27-17-19-29-53(49)66-58)64(51)47-36-32-41(33-37-47)60(4,5)6/h7-39H,1-6H3. The monoisotopic (exact) mass is 886 g/mol. The van der Waals surface area contributed by atoms with Gasteiger partial charge in [0.1, 0.15) is 0 Å². The molecule has 2 nitrogen and oxygen atoms in total. The molecule has 2 aliphatic rings. The van der Waals surface area contributed by atoms with Gasteiger partial charge < -0.3 is 9.80 Å². The van der Waals surface area contributed by atoms with E-state index in [0.29, 0.717) is 0 Å². The lowest BCUT2D eigenvalue weighted by Crippen LogP contribution is -2.59. The Labute approximate surface area is 397 Å². The van der Waals surface area contributed by atoms with Gasteiger partial charge in [0.05, 0.1) is 16.8 Å². The molecular weight excluding hydrogens is 836 g/mol. The third-order valence-electron chi connectivity index (χ3n) is 14.1. The molecule has 0 fully saturated rings. The van der Waals surface area contributed by atoms with E-state index in [1.54, 1.807) is 0 Å². The van der Waals surface area contributed by atoms with Crippen LogP contribution in [0.15, 0.2) is 200 Å². The summed E-state index contributed by atoms with van der Waals surface area (Å²) in [5.41, 5.74) is 15.6. The second-order valence-corrected chi connectivity index (χ2v) is 22.3. The van der Waals surface area contributed by atoms with Crippen LogP contribution in [0.1, 0.15) is 74.9 Å². The lowest BCUT2D eigenvalue weighted by molar-refractivity contribution is 0.590. The van der Waals surface area contributed by atoms with Gasteiger partial charge in [-0.05, 0) is 98.2 Å². The molecule has 0 spiro atoms. The number of thiophene rings is 2. The number of benzene rings is 8. The fraction of sp³-hybridized carbons (Fsp3) is 0.148. The molecule has 0 aliphatic carbocycles. The van der Waals surface area contributed by atoms with Gasteiger partial charge in [-0.15, -0.1) is 22.7 Å². The molecular formula is C61H51BN2S2. The minimum absolute atomic E-state index is 0.0200. The minimum Gasteiger partial charge on any atom is -0.310 e. The van der Waals surface area contributed by atoms with E-state index in [1.807, 2.05) is 22.7 Å². The predicted octanol–water partition coefficient (Wildman–Crippen LogP) is 15.2. The Morgan fingerprint density at radius 2 is 0.712 bits per heavy atom. The Kier molecular flexibility index (Phi) is 9.40. The molecule has 0 unspecified atom stereocenters. The topological polar surface area (TPSA) is 6.48 Å². The van der Waals surface area contributed by atoms with E-state index in [1.165, 1.54) is 103 Å². The zero-order chi connectivity index (χ0) is 45.0. The van der Waals surface area contributed by atoms with Crippen molar-refractivity contribution in [3.8, 4) is 0 Å². The van der Waals surface area contributed by atoms with E-state index in [0.717, 1.165) is 0 Å². The zero-order valence-electron chi connectivity index (χ0n) is 38.3. The van der Waals surface area contributed by atoms with Gasteiger partial charge >= 0.3 is 0 Å². The normalized spacial score (nSPS) is 13.5. The van der Waals surface area contributed by atoms with Crippen LogP contribution in [0.5, 0.6) is 0 Å². The largest absolute Gasteiger partial charge is 0.310 e. The fourth-order valence-corrected chi connectivity index (χ4v) is 13.6. The number of rotatable bonds is 6. The molecule has 12 rings (SSSR count). The van der Waals surface area contributed by atoms with Crippen LogP contribution in [0.2, 0.25) is 0 Å². The highest BCUT2D eigenvalue weighted by molar-refractivity contribution is 7.40. The Hall–Kier alpha value is -6.66. The lowest BCUT2D eigenvalue weighted by Gasteiger charge is -2.44. The first-order chi connectivity index (χ1) is 32.0. The molecule has 0 atom stereocenters. The van der Waals surface area contributed by atoms with E-state index in [2.05, 4.69) is 252 Å². The molecule has 0 saturated carbocycles. The third kappa shape index (κ3) is 6.20. The van der Waals surface area contributed by atoms with Gasteiger partial charge in [-0.2, -0.15) is 0 Å². The molecule has 0 saturated heterocycles. The maximum Gasteiger partial charge on any atom is 0.277 e. The van der Waals surface area contributed by atoms with E-state index in [4.69, 9.17) is 0 Å². The highest BCUT2D eigenvalue weighted by atomic mass is 32.1. The second kappa shape index (κ2) is 15.2. The number of nitrogens with zero attached hydrogens (tertiary/aromatic N) is 2. The molecule has 4 heterocycles. The van der Waals surface area contributed by atoms with Crippen molar-refractivity contribution in [1.82, 2.24) is 0 Å². The molecule has 0 bridgehead atoms. The van der Waals surface area contributed by atoms with Crippen molar-refractivity contribution in [1.29, 1.82) is 0 Å². The predicted molar refractivity (Wildman–Crippen MR) is 287 cm³/mol. The van der Waals surface area contributed by atoms with Crippen molar-refractivity contribution >= 4 is 98.7 Å². The first-order valence-electron chi connectivity index (χ1n) is 23.2. The molecule has 8 aromatic carbocycles. The summed E-state index contributed by atoms with van der Waals surface area (Å²) in [5.74, 6) is 0. The first kappa shape index (κ1) is 40.8. The highest BCUT2D eigenvalue weighted by Gasteiger charge is 2.49. The van der Waals surface area contributed by atoms with Gasteiger partial charge in [0.2, 0.25) is 0 Å². The highest BCUT2D eigenvalue weighted by Crippen LogP contribution is 2.54. The summed E-state index contributed by atoms with van der Waals surface area (Å²) in [6.07, 6.45) is 0. The van der Waals surface area contributed by atoms with Crippen LogP contribution in [0, 0.1) is 0 Å². The maximum absolute atomic E-state index is 2.63. The Bertz CT molecular complexity index is 3170. The van der Waals surface area contributed by atoms with E-state index < -0.39 is 5.41 Å². The number of anilines is 6. The summed E-state index contributed by atoms with van der Waals surface area (Å²) in [6, 6.07) is 75.8. The minimum atomic E-state index is -0.678. The Balaban J connectivity index is 1.27. The van der Waals surface area contributed by atoms with Crippen LogP contribution < -0.4 is 24.8 Å². The zero-order valence-corrected chi connectivity index (χ0v) is 40.0. The van der Waals surface area contributed by atoms with Gasteiger partial charge in [0.15, 0.2) is 0 Å². The van der Waals surface area contributed by atoms with Crippen molar-refractivity contribution in [2.45, 2.75) is 57.8 Å². The smallest absolute Gasteiger partial charge is 0.277 e. The summed E-state index contributed by atoms with van der Waals surface area (Å²) in [5, 5.41) is 2.58. The van der Waals surface area contributed by atoms with Crippen LogP contribution in [-0.2, 0) is 16.2 Å². The van der Waals surface area contributed by atoms with Crippen LogP contribution in [0.4, 0.5) is 34.1 Å². The molecule has 66 heavy (non-hydrogen) atoms. The van der Waals surface area contributed by atoms with Crippen LogP contribution in [-0.4, -0.2) is 6.71 Å². The van der Waals surface area contributed by atoms with Crippen molar-refractivity contribution in [3.05, 3.63) is 234 Å². The van der Waals surface area contributed by atoms with Gasteiger partial charge in [0.25, 0.3) is 6.71 Å². The Morgan fingerprint density at radius 3 is 1.08 bits per heavy atom. The summed E-state index contributed by atoms with van der Waals surface area (Å²) >= 11 is 3.93. The van der Waals surface area contributed by atoms with Crippen LogP contribution in [0.25, 0.3) is 20.2 Å². The van der Waals surface area contributed by atoms with Crippen LogP contribution >= 0.6 is 22.7 Å². The van der Waals surface area contributed by atoms with Gasteiger partial charge in [-0.3, -0.25) is 0 Å². The second-order valence-electron chi connectivity index (χ2n) is 20.1. The summed E-state index contributed by atoms with van der Waals surface area (Å²) in [4.78, 5) is 5.26. The molecule has 5 heteroatoms. The quantitative estimate of drug-likeness (QED) is 0.121. The van der Waals surface area contributed by atoms with Crippen molar-refractivity contribution in [2.24, 2.45) is 0 Å². The molecule has 0 amide bonds. The molecule has 0 radical (unpaired) electrons. The van der Waals surface area contributed by atoms with Gasteiger partial charge in [0, 0.05) is 52.5 Å². The van der Waals surface area contributed by atoms with Gasteiger partial charge in [-0.25, -0.2) is 0 Å². The fourth-order valence-electron chi connectivity index (χ4n) is 10.9. The molecule has 320 valence electrons. The lowest BCUT2D eigenvalue weighted by atomic mass is 9.39. The van der Waals surface area contributed by atoms with E-state index in [-0.39, 0.29) is 17.5 Å². The van der Waals surface area contributed by atoms with Crippen molar-refractivity contribution in [2.75, 3.05) is 9.80 Å². The number of hydrogen-bond donors (Lipinski definition) is 0. The maximum atomic E-state index is 2.63. The van der Waals surface area contributed by atoms with E-state index >= 15 is 0 Å².